The lowest BCUT2D eigenvalue weighted by atomic mass is 9.90. The summed E-state index contributed by atoms with van der Waals surface area (Å²) in [6, 6.07) is 13.9. The zero-order chi connectivity index (χ0) is 17.9. The molecule has 3 heterocycles. The zero-order valence-electron chi connectivity index (χ0n) is 14.9. The summed E-state index contributed by atoms with van der Waals surface area (Å²) in [5, 5.41) is 7.47. The van der Waals surface area contributed by atoms with E-state index in [2.05, 4.69) is 46.4 Å². The maximum absolute atomic E-state index is 12.7. The average Bonchev–Trinajstić information content (AvgIpc) is 3.19. The number of benzene rings is 1. The molecule has 0 bridgehead atoms. The van der Waals surface area contributed by atoms with E-state index in [0.717, 1.165) is 36.2 Å². The van der Waals surface area contributed by atoms with E-state index in [9.17, 15) is 4.79 Å². The van der Waals surface area contributed by atoms with Gasteiger partial charge in [-0.2, -0.15) is 5.10 Å². The van der Waals surface area contributed by atoms with Crippen LogP contribution in [0.3, 0.4) is 0 Å². The third kappa shape index (κ3) is 3.25. The normalized spacial score (nSPS) is 17.3. The number of carbonyl (C=O) groups excluding carboxylic acids is 1. The molecule has 1 aliphatic heterocycles. The van der Waals surface area contributed by atoms with Gasteiger partial charge >= 0.3 is 0 Å². The van der Waals surface area contributed by atoms with Crippen molar-refractivity contribution in [3.63, 3.8) is 0 Å². The summed E-state index contributed by atoms with van der Waals surface area (Å²) in [6.07, 6.45) is 5.58. The minimum Gasteiger partial charge on any atom is -0.337 e. The monoisotopic (exact) mass is 346 g/mol. The maximum atomic E-state index is 12.7. The van der Waals surface area contributed by atoms with Gasteiger partial charge in [-0.15, -0.1) is 0 Å². The van der Waals surface area contributed by atoms with E-state index in [1.54, 1.807) is 12.3 Å². The first-order chi connectivity index (χ1) is 12.7. The van der Waals surface area contributed by atoms with Gasteiger partial charge in [0.1, 0.15) is 5.69 Å². The quantitative estimate of drug-likeness (QED) is 0.785. The van der Waals surface area contributed by atoms with Crippen LogP contribution in [0.2, 0.25) is 0 Å². The first-order valence-electron chi connectivity index (χ1n) is 9.03. The lowest BCUT2D eigenvalue weighted by molar-refractivity contribution is 0.0700. The molecule has 2 aromatic heterocycles. The van der Waals surface area contributed by atoms with Crippen LogP contribution in [0.15, 0.2) is 54.9 Å². The zero-order valence-corrected chi connectivity index (χ0v) is 14.9. The number of hydrogen-bond acceptors (Lipinski definition) is 3. The van der Waals surface area contributed by atoms with E-state index in [4.69, 9.17) is 0 Å². The Morgan fingerprint density at radius 1 is 1.19 bits per heavy atom. The third-order valence-corrected chi connectivity index (χ3v) is 5.03. The Morgan fingerprint density at radius 2 is 2.04 bits per heavy atom. The van der Waals surface area contributed by atoms with Gasteiger partial charge in [-0.1, -0.05) is 35.9 Å². The van der Waals surface area contributed by atoms with Gasteiger partial charge in [0.25, 0.3) is 5.91 Å². The van der Waals surface area contributed by atoms with Crippen molar-refractivity contribution in [2.75, 3.05) is 13.1 Å². The largest absolute Gasteiger partial charge is 0.337 e. The fourth-order valence-corrected chi connectivity index (χ4v) is 3.62. The predicted molar refractivity (Wildman–Crippen MR) is 101 cm³/mol. The molecule has 0 unspecified atom stereocenters. The number of amides is 1. The molecule has 5 nitrogen and oxygen atoms in total. The fraction of sp³-hybridized carbons (Fsp3) is 0.286. The molecule has 26 heavy (non-hydrogen) atoms. The van der Waals surface area contributed by atoms with Gasteiger partial charge in [-0.3, -0.25) is 14.9 Å². The van der Waals surface area contributed by atoms with Crippen molar-refractivity contribution in [1.82, 2.24) is 20.1 Å². The van der Waals surface area contributed by atoms with Gasteiger partial charge in [0.2, 0.25) is 0 Å². The number of aromatic amines is 1. The Balaban J connectivity index is 1.57. The van der Waals surface area contributed by atoms with Crippen molar-refractivity contribution < 1.29 is 4.79 Å². The van der Waals surface area contributed by atoms with E-state index in [1.807, 2.05) is 23.2 Å². The molecular formula is C21H22N4O. The van der Waals surface area contributed by atoms with Crippen LogP contribution in [0.5, 0.6) is 0 Å². The molecule has 0 saturated carbocycles. The summed E-state index contributed by atoms with van der Waals surface area (Å²) in [4.78, 5) is 18.9. The second-order valence-electron chi connectivity index (χ2n) is 6.87. The maximum Gasteiger partial charge on any atom is 0.272 e. The van der Waals surface area contributed by atoms with Gasteiger partial charge in [0.05, 0.1) is 6.20 Å². The second-order valence-corrected chi connectivity index (χ2v) is 6.87. The number of aromatic nitrogens is 3. The molecule has 1 N–H and O–H groups in total. The second kappa shape index (κ2) is 7.12. The van der Waals surface area contributed by atoms with Crippen molar-refractivity contribution in [3.8, 4) is 11.1 Å². The van der Waals surface area contributed by atoms with Gasteiger partial charge in [-0.05, 0) is 37.5 Å². The SMILES string of the molecule is Cc1ccc(-c2cn[nH]c2[C@H]2CCCN(C(=O)c3ccccn3)C2)cc1. The fourth-order valence-electron chi connectivity index (χ4n) is 3.62. The van der Waals surface area contributed by atoms with Crippen LogP contribution in [0.4, 0.5) is 0 Å². The minimum absolute atomic E-state index is 0.00620. The number of hydrogen-bond donors (Lipinski definition) is 1. The number of carbonyl (C=O) groups is 1. The van der Waals surface area contributed by atoms with Crippen molar-refractivity contribution >= 4 is 5.91 Å². The van der Waals surface area contributed by atoms with E-state index >= 15 is 0 Å². The molecule has 1 amide bonds. The first kappa shape index (κ1) is 16.5. The summed E-state index contributed by atoms with van der Waals surface area (Å²) in [5.41, 5.74) is 5.15. The molecule has 0 aliphatic carbocycles. The van der Waals surface area contributed by atoms with Gasteiger partial charge < -0.3 is 4.90 Å². The summed E-state index contributed by atoms with van der Waals surface area (Å²) in [7, 11) is 0. The van der Waals surface area contributed by atoms with Crippen molar-refractivity contribution in [2.24, 2.45) is 0 Å². The van der Waals surface area contributed by atoms with Crippen LogP contribution in [-0.2, 0) is 0 Å². The van der Waals surface area contributed by atoms with E-state index < -0.39 is 0 Å². The number of rotatable bonds is 3. The molecule has 0 radical (unpaired) electrons. The van der Waals surface area contributed by atoms with E-state index in [1.165, 1.54) is 5.56 Å². The predicted octanol–water partition coefficient (Wildman–Crippen LogP) is 3.80. The van der Waals surface area contributed by atoms with Crippen LogP contribution in [-0.4, -0.2) is 39.1 Å². The number of nitrogens with zero attached hydrogens (tertiary/aromatic N) is 3. The van der Waals surface area contributed by atoms with Gasteiger partial charge in [0, 0.05) is 36.5 Å². The Morgan fingerprint density at radius 3 is 2.81 bits per heavy atom. The molecule has 1 fully saturated rings. The number of pyridine rings is 1. The Hall–Kier alpha value is -2.95. The van der Waals surface area contributed by atoms with Crippen LogP contribution in [0, 0.1) is 6.92 Å². The standard InChI is InChI=1S/C21H22N4O/c1-15-7-9-16(10-8-15)18-13-23-24-20(18)17-5-4-12-25(14-17)21(26)19-6-2-3-11-22-19/h2-3,6-11,13,17H,4-5,12,14H2,1H3,(H,23,24)/t17-/m0/s1. The number of H-pyrrole nitrogens is 1. The van der Waals surface area contributed by atoms with Crippen LogP contribution >= 0.6 is 0 Å². The molecule has 5 heteroatoms. The lowest BCUT2D eigenvalue weighted by Crippen LogP contribution is -2.39. The number of likely N-dealkylation sites (tertiary alicyclic amines) is 1. The van der Waals surface area contributed by atoms with Crippen LogP contribution < -0.4 is 0 Å². The molecule has 1 saturated heterocycles. The molecule has 3 aromatic rings. The van der Waals surface area contributed by atoms with E-state index in [-0.39, 0.29) is 11.8 Å². The molecule has 1 atom stereocenters. The summed E-state index contributed by atoms with van der Waals surface area (Å²) < 4.78 is 0. The summed E-state index contributed by atoms with van der Waals surface area (Å²) in [6.45, 7) is 3.55. The highest BCUT2D eigenvalue weighted by molar-refractivity contribution is 5.92. The highest BCUT2D eigenvalue weighted by Gasteiger charge is 2.28. The molecule has 1 aromatic carbocycles. The minimum atomic E-state index is 0.00620. The van der Waals surface area contributed by atoms with Gasteiger partial charge in [0.15, 0.2) is 0 Å². The smallest absolute Gasteiger partial charge is 0.272 e. The summed E-state index contributed by atoms with van der Waals surface area (Å²) >= 11 is 0. The lowest BCUT2D eigenvalue weighted by Gasteiger charge is -2.32. The Bertz CT molecular complexity index is 886. The van der Waals surface area contributed by atoms with Crippen molar-refractivity contribution in [2.45, 2.75) is 25.7 Å². The third-order valence-electron chi connectivity index (χ3n) is 5.03. The number of piperidine rings is 1. The first-order valence-corrected chi connectivity index (χ1v) is 9.03. The number of nitrogens with one attached hydrogen (secondary N) is 1. The van der Waals surface area contributed by atoms with E-state index in [0.29, 0.717) is 12.2 Å². The molecule has 132 valence electrons. The average molecular weight is 346 g/mol. The molecular weight excluding hydrogens is 324 g/mol. The Kier molecular flexibility index (Phi) is 4.52. The topological polar surface area (TPSA) is 61.9 Å². The van der Waals surface area contributed by atoms with Gasteiger partial charge in [-0.25, -0.2) is 0 Å². The highest BCUT2D eigenvalue weighted by Crippen LogP contribution is 2.33. The van der Waals surface area contributed by atoms with Crippen molar-refractivity contribution in [1.29, 1.82) is 0 Å². The summed E-state index contributed by atoms with van der Waals surface area (Å²) in [5.74, 6) is 0.266. The number of aryl methyl sites for hydroxylation is 1. The molecule has 0 spiro atoms. The van der Waals surface area contributed by atoms with Crippen molar-refractivity contribution in [3.05, 3.63) is 71.8 Å². The van der Waals surface area contributed by atoms with Crippen LogP contribution in [0.1, 0.15) is 40.5 Å². The molecule has 4 rings (SSSR count). The highest BCUT2D eigenvalue weighted by atomic mass is 16.2. The Labute approximate surface area is 153 Å². The molecule has 1 aliphatic rings. The van der Waals surface area contributed by atoms with Crippen LogP contribution in [0.25, 0.3) is 11.1 Å².